The van der Waals surface area contributed by atoms with Crippen molar-refractivity contribution in [2.24, 2.45) is 22.7 Å². The topological polar surface area (TPSA) is 54.0 Å². The van der Waals surface area contributed by atoms with Gasteiger partial charge in [-0.25, -0.2) is 4.79 Å². The van der Waals surface area contributed by atoms with Gasteiger partial charge in [0.05, 0.1) is 24.9 Å². The zero-order valence-electron chi connectivity index (χ0n) is 20.4. The van der Waals surface area contributed by atoms with Crippen molar-refractivity contribution < 1.29 is 23.7 Å². The van der Waals surface area contributed by atoms with Crippen molar-refractivity contribution in [3.63, 3.8) is 0 Å². The second-order valence-electron chi connectivity index (χ2n) is 10.9. The summed E-state index contributed by atoms with van der Waals surface area (Å²) < 4.78 is 24.5. The van der Waals surface area contributed by atoms with Crippen LogP contribution in [0.5, 0.6) is 0 Å². The molecule has 5 rings (SSSR count). The fourth-order valence-electron chi connectivity index (χ4n) is 6.62. The van der Waals surface area contributed by atoms with Crippen LogP contribution in [0.3, 0.4) is 0 Å². The van der Waals surface area contributed by atoms with Gasteiger partial charge in [0.25, 0.3) is 0 Å². The van der Waals surface area contributed by atoms with E-state index in [0.717, 1.165) is 12.0 Å². The number of fused-ring (bicyclic) bond motifs is 5. The van der Waals surface area contributed by atoms with Crippen LogP contribution in [0, 0.1) is 22.7 Å². The van der Waals surface area contributed by atoms with Gasteiger partial charge in [-0.1, -0.05) is 69.3 Å². The fraction of sp³-hybridized carbons (Fsp3) is 0.552. The van der Waals surface area contributed by atoms with Crippen LogP contribution in [0.4, 0.5) is 0 Å². The van der Waals surface area contributed by atoms with Crippen LogP contribution in [0.2, 0.25) is 0 Å². The van der Waals surface area contributed by atoms with Gasteiger partial charge in [0.2, 0.25) is 0 Å². The zero-order chi connectivity index (χ0) is 23.8. The summed E-state index contributed by atoms with van der Waals surface area (Å²) in [4.78, 5) is 12.5. The number of hydrogen-bond donors (Lipinski definition) is 0. The Kier molecular flexibility index (Phi) is 6.54. The first-order valence-electron chi connectivity index (χ1n) is 12.5. The summed E-state index contributed by atoms with van der Waals surface area (Å²) in [6.45, 7) is 8.15. The molecule has 2 aromatic carbocycles. The third-order valence-corrected chi connectivity index (χ3v) is 8.84. The normalized spacial score (nSPS) is 31.9. The molecule has 34 heavy (non-hydrogen) atoms. The van der Waals surface area contributed by atoms with Crippen LogP contribution >= 0.6 is 0 Å². The molecule has 0 aromatic heterocycles. The van der Waals surface area contributed by atoms with E-state index in [2.05, 4.69) is 20.8 Å². The lowest BCUT2D eigenvalue weighted by atomic mass is 9.70. The summed E-state index contributed by atoms with van der Waals surface area (Å²) in [6.07, 6.45) is 2.96. The van der Waals surface area contributed by atoms with Crippen molar-refractivity contribution in [2.75, 3.05) is 13.2 Å². The Labute approximate surface area is 202 Å². The largest absolute Gasteiger partial charge is 0.459 e. The Bertz CT molecular complexity index is 975. The predicted molar refractivity (Wildman–Crippen MR) is 129 cm³/mol. The van der Waals surface area contributed by atoms with Crippen molar-refractivity contribution >= 4 is 5.97 Å². The summed E-state index contributed by atoms with van der Waals surface area (Å²) in [7, 11) is 0. The van der Waals surface area contributed by atoms with E-state index in [9.17, 15) is 4.79 Å². The van der Waals surface area contributed by atoms with Crippen molar-refractivity contribution in [1.82, 2.24) is 0 Å². The molecule has 182 valence electrons. The monoisotopic (exact) mass is 464 g/mol. The molecule has 2 aromatic rings. The number of hydrogen-bond acceptors (Lipinski definition) is 5. The first-order valence-corrected chi connectivity index (χ1v) is 12.5. The van der Waals surface area contributed by atoms with Gasteiger partial charge in [-0.2, -0.15) is 0 Å². The molecule has 2 saturated carbocycles. The average molecular weight is 465 g/mol. The molecule has 5 nitrogen and oxygen atoms in total. The minimum absolute atomic E-state index is 0.129. The van der Waals surface area contributed by atoms with E-state index in [-0.39, 0.29) is 30.4 Å². The van der Waals surface area contributed by atoms with Gasteiger partial charge in [-0.15, -0.1) is 0 Å². The van der Waals surface area contributed by atoms with E-state index < -0.39 is 6.10 Å². The maximum Gasteiger partial charge on any atom is 0.338 e. The molecule has 0 radical (unpaired) electrons. The first kappa shape index (κ1) is 23.5. The highest BCUT2D eigenvalue weighted by Crippen LogP contribution is 2.71. The molecule has 3 aliphatic rings. The van der Waals surface area contributed by atoms with E-state index >= 15 is 0 Å². The minimum atomic E-state index is -0.390. The molecule has 1 saturated heterocycles. The second-order valence-corrected chi connectivity index (χ2v) is 10.9. The zero-order valence-corrected chi connectivity index (χ0v) is 20.4. The Morgan fingerprint density at radius 3 is 2.44 bits per heavy atom. The fourth-order valence-corrected chi connectivity index (χ4v) is 6.62. The van der Waals surface area contributed by atoms with Crippen LogP contribution in [0.15, 0.2) is 60.7 Å². The highest BCUT2D eigenvalue weighted by atomic mass is 16.7. The first-order chi connectivity index (χ1) is 16.4. The van der Waals surface area contributed by atoms with Gasteiger partial charge in [0.15, 0.2) is 6.29 Å². The molecular formula is C29H36O5. The number of rotatable bonds is 9. The van der Waals surface area contributed by atoms with Crippen LogP contribution < -0.4 is 0 Å². The smallest absolute Gasteiger partial charge is 0.338 e. The molecule has 0 amide bonds. The molecule has 2 aliphatic carbocycles. The second kappa shape index (κ2) is 9.44. The molecule has 5 heteroatoms. The van der Waals surface area contributed by atoms with Crippen molar-refractivity contribution in [3.8, 4) is 0 Å². The maximum absolute atomic E-state index is 12.5. The minimum Gasteiger partial charge on any atom is -0.459 e. The van der Waals surface area contributed by atoms with Gasteiger partial charge in [0, 0.05) is 6.42 Å². The lowest BCUT2D eigenvalue weighted by Crippen LogP contribution is -2.39. The molecule has 0 N–H and O–H groups in total. The molecule has 0 unspecified atom stereocenters. The quantitative estimate of drug-likeness (QED) is 0.450. The summed E-state index contributed by atoms with van der Waals surface area (Å²) in [5.74, 6) is 0.866. The molecule has 2 bridgehead atoms. The summed E-state index contributed by atoms with van der Waals surface area (Å²) >= 11 is 0. The van der Waals surface area contributed by atoms with E-state index in [1.165, 1.54) is 12.8 Å². The molecule has 1 heterocycles. The van der Waals surface area contributed by atoms with Crippen LogP contribution in [-0.4, -0.2) is 37.7 Å². The lowest BCUT2D eigenvalue weighted by molar-refractivity contribution is -0.201. The Morgan fingerprint density at radius 2 is 1.74 bits per heavy atom. The third kappa shape index (κ3) is 4.30. The molecule has 3 fully saturated rings. The summed E-state index contributed by atoms with van der Waals surface area (Å²) in [6, 6.07) is 19.1. The van der Waals surface area contributed by atoms with Crippen molar-refractivity contribution in [3.05, 3.63) is 71.8 Å². The maximum atomic E-state index is 12.5. The highest BCUT2D eigenvalue weighted by Gasteiger charge is 2.69. The van der Waals surface area contributed by atoms with Gasteiger partial charge >= 0.3 is 5.97 Å². The Morgan fingerprint density at radius 1 is 1.03 bits per heavy atom. The van der Waals surface area contributed by atoms with Gasteiger partial charge in [0.1, 0.15) is 12.7 Å². The van der Waals surface area contributed by atoms with Crippen LogP contribution in [0.25, 0.3) is 0 Å². The van der Waals surface area contributed by atoms with E-state index in [0.29, 0.717) is 36.0 Å². The molecule has 1 aliphatic heterocycles. The van der Waals surface area contributed by atoms with E-state index in [1.807, 2.05) is 48.5 Å². The van der Waals surface area contributed by atoms with E-state index in [1.54, 1.807) is 12.1 Å². The van der Waals surface area contributed by atoms with Gasteiger partial charge < -0.3 is 18.9 Å². The highest BCUT2D eigenvalue weighted by molar-refractivity contribution is 5.89. The number of benzene rings is 2. The van der Waals surface area contributed by atoms with Crippen LogP contribution in [-0.2, 0) is 25.6 Å². The Hall–Kier alpha value is -2.21. The summed E-state index contributed by atoms with van der Waals surface area (Å²) in [5.41, 5.74) is 2.13. The SMILES string of the molecule is CC1(C)[C@@H]2CC[C@@]1(C)[C@H]1O[C@H](O[C@H](COCc3ccccc3)COC(=O)c3ccccc3)C[C@@H]21. The Balaban J connectivity index is 1.21. The lowest BCUT2D eigenvalue weighted by Gasteiger charge is -2.38. The van der Waals surface area contributed by atoms with Crippen LogP contribution in [0.1, 0.15) is 56.0 Å². The summed E-state index contributed by atoms with van der Waals surface area (Å²) in [5, 5.41) is 0. The third-order valence-electron chi connectivity index (χ3n) is 8.84. The standard InChI is InChI=1S/C29H36O5/c1-28(2)24-14-15-29(28,3)26-23(24)16-25(34-26)33-22(18-31-17-20-10-6-4-7-11-20)19-32-27(30)21-12-8-5-9-13-21/h4-13,22-26H,14-19H2,1-3H3/t22-,23+,24-,25+,26+,29+/m1/s1. The molecular weight excluding hydrogens is 428 g/mol. The molecule has 6 atom stereocenters. The number of carbonyl (C=O) groups excluding carboxylic acids is 1. The predicted octanol–water partition coefficient (Wildman–Crippen LogP) is 5.63. The van der Waals surface area contributed by atoms with E-state index in [4.69, 9.17) is 18.9 Å². The van der Waals surface area contributed by atoms with Crippen molar-refractivity contribution in [2.45, 2.75) is 65.1 Å². The van der Waals surface area contributed by atoms with Gasteiger partial charge in [-0.05, 0) is 53.2 Å². The number of carbonyl (C=O) groups is 1. The average Bonchev–Trinajstić information content (AvgIpc) is 3.41. The number of ether oxygens (including phenoxy) is 4. The van der Waals surface area contributed by atoms with Gasteiger partial charge in [-0.3, -0.25) is 0 Å². The molecule has 0 spiro atoms. The van der Waals surface area contributed by atoms with Crippen molar-refractivity contribution in [1.29, 1.82) is 0 Å². The number of esters is 1.